The molecule has 2 atom stereocenters. The van der Waals surface area contributed by atoms with Gasteiger partial charge in [-0.3, -0.25) is 0 Å². The minimum atomic E-state index is 0.248. The molecule has 0 aliphatic carbocycles. The lowest BCUT2D eigenvalue weighted by Crippen LogP contribution is -2.35. The Hall–Kier alpha value is -2.32. The van der Waals surface area contributed by atoms with Crippen molar-refractivity contribution in [3.05, 3.63) is 77.9 Å². The summed E-state index contributed by atoms with van der Waals surface area (Å²) in [4.78, 5) is 0. The molecule has 0 aromatic heterocycles. The molecule has 4 rings (SSSR count). The van der Waals surface area contributed by atoms with Crippen molar-refractivity contribution in [2.24, 2.45) is 0 Å². The van der Waals surface area contributed by atoms with Crippen molar-refractivity contribution in [2.45, 2.75) is 31.9 Å². The van der Waals surface area contributed by atoms with Crippen LogP contribution in [0.5, 0.6) is 5.75 Å². The van der Waals surface area contributed by atoms with E-state index in [1.165, 1.54) is 21.9 Å². The Morgan fingerprint density at radius 1 is 1.00 bits per heavy atom. The second kappa shape index (κ2) is 6.66. The molecule has 24 heavy (non-hydrogen) atoms. The average molecular weight is 317 g/mol. The highest BCUT2D eigenvalue weighted by atomic mass is 16.5. The van der Waals surface area contributed by atoms with Gasteiger partial charge in [-0.2, -0.15) is 0 Å². The first-order chi connectivity index (χ1) is 11.8. The number of hydrogen-bond donors (Lipinski definition) is 1. The van der Waals surface area contributed by atoms with E-state index < -0.39 is 0 Å². The van der Waals surface area contributed by atoms with Crippen LogP contribution in [-0.4, -0.2) is 12.6 Å². The molecule has 2 nitrogen and oxygen atoms in total. The first kappa shape index (κ1) is 15.2. The molecular formula is C22H23NO. The van der Waals surface area contributed by atoms with Gasteiger partial charge in [0.2, 0.25) is 0 Å². The summed E-state index contributed by atoms with van der Waals surface area (Å²) < 4.78 is 6.14. The van der Waals surface area contributed by atoms with E-state index in [1.54, 1.807) is 0 Å². The monoisotopic (exact) mass is 317 g/mol. The van der Waals surface area contributed by atoms with Crippen LogP contribution in [0, 0.1) is 0 Å². The van der Waals surface area contributed by atoms with Gasteiger partial charge in [0.25, 0.3) is 0 Å². The van der Waals surface area contributed by atoms with Crippen molar-refractivity contribution < 1.29 is 4.74 Å². The number of nitrogens with one attached hydrogen (secondary N) is 1. The standard InChI is InChI=1S/C22H23NO/c1-16(20-11-6-9-17-7-2-4-10-21(17)20)23-15-19-14-13-18-8-3-5-12-22(18)24-19/h2-12,16,19,23H,13-15H2,1H3/t16-,19-/m1/s1. The molecule has 0 saturated carbocycles. The van der Waals surface area contributed by atoms with Crippen molar-refractivity contribution in [3.8, 4) is 5.75 Å². The minimum Gasteiger partial charge on any atom is -0.489 e. The van der Waals surface area contributed by atoms with Crippen molar-refractivity contribution >= 4 is 10.8 Å². The molecule has 1 aliphatic heterocycles. The lowest BCUT2D eigenvalue weighted by molar-refractivity contribution is 0.167. The van der Waals surface area contributed by atoms with Gasteiger partial charge < -0.3 is 10.1 Å². The van der Waals surface area contributed by atoms with Crippen LogP contribution >= 0.6 is 0 Å². The molecule has 2 heteroatoms. The summed E-state index contributed by atoms with van der Waals surface area (Å²) in [5.74, 6) is 1.05. The third-order valence-electron chi connectivity index (χ3n) is 4.94. The number of ether oxygens (including phenoxy) is 1. The van der Waals surface area contributed by atoms with E-state index in [1.807, 2.05) is 6.07 Å². The molecule has 0 spiro atoms. The topological polar surface area (TPSA) is 21.3 Å². The molecule has 122 valence electrons. The second-order valence-corrected chi connectivity index (χ2v) is 6.58. The number of para-hydroxylation sites is 1. The van der Waals surface area contributed by atoms with Crippen molar-refractivity contribution in [1.82, 2.24) is 5.32 Å². The van der Waals surface area contributed by atoms with Crippen LogP contribution in [0.4, 0.5) is 0 Å². The average Bonchev–Trinajstić information content (AvgIpc) is 2.65. The molecule has 1 heterocycles. The molecule has 3 aromatic carbocycles. The van der Waals surface area contributed by atoms with Gasteiger partial charge in [-0.1, -0.05) is 60.7 Å². The largest absolute Gasteiger partial charge is 0.489 e. The minimum absolute atomic E-state index is 0.248. The van der Waals surface area contributed by atoms with E-state index in [-0.39, 0.29) is 6.10 Å². The molecule has 1 aliphatic rings. The van der Waals surface area contributed by atoms with Gasteiger partial charge in [-0.15, -0.1) is 0 Å². The van der Waals surface area contributed by atoms with E-state index >= 15 is 0 Å². The van der Waals surface area contributed by atoms with E-state index in [2.05, 4.69) is 72.9 Å². The molecule has 0 bridgehead atoms. The van der Waals surface area contributed by atoms with E-state index in [4.69, 9.17) is 4.74 Å². The first-order valence-corrected chi connectivity index (χ1v) is 8.77. The summed E-state index contributed by atoms with van der Waals surface area (Å²) in [5.41, 5.74) is 2.68. The maximum Gasteiger partial charge on any atom is 0.122 e. The zero-order valence-corrected chi connectivity index (χ0v) is 14.0. The fraction of sp³-hybridized carbons (Fsp3) is 0.273. The van der Waals surface area contributed by atoms with Gasteiger partial charge in [0.1, 0.15) is 11.9 Å². The quantitative estimate of drug-likeness (QED) is 0.740. The van der Waals surface area contributed by atoms with Crippen LogP contribution in [-0.2, 0) is 6.42 Å². The molecule has 0 amide bonds. The normalized spacial score (nSPS) is 18.0. The fourth-order valence-corrected chi connectivity index (χ4v) is 3.57. The van der Waals surface area contributed by atoms with Crippen molar-refractivity contribution in [2.75, 3.05) is 6.54 Å². The van der Waals surface area contributed by atoms with Gasteiger partial charge in [-0.05, 0) is 47.7 Å². The maximum atomic E-state index is 6.14. The number of fused-ring (bicyclic) bond motifs is 2. The van der Waals surface area contributed by atoms with E-state index in [9.17, 15) is 0 Å². The number of aryl methyl sites for hydroxylation is 1. The van der Waals surface area contributed by atoms with Crippen LogP contribution in [0.15, 0.2) is 66.7 Å². The summed E-state index contributed by atoms with van der Waals surface area (Å²) >= 11 is 0. The predicted molar refractivity (Wildman–Crippen MR) is 99.5 cm³/mol. The van der Waals surface area contributed by atoms with Crippen LogP contribution in [0.25, 0.3) is 10.8 Å². The fourth-order valence-electron chi connectivity index (χ4n) is 3.57. The third-order valence-corrected chi connectivity index (χ3v) is 4.94. The molecular weight excluding hydrogens is 294 g/mol. The Bertz CT molecular complexity index is 837. The van der Waals surface area contributed by atoms with Crippen molar-refractivity contribution in [3.63, 3.8) is 0 Å². The second-order valence-electron chi connectivity index (χ2n) is 6.58. The van der Waals surface area contributed by atoms with Gasteiger partial charge in [0.15, 0.2) is 0 Å². The first-order valence-electron chi connectivity index (χ1n) is 8.77. The number of benzene rings is 3. The summed E-state index contributed by atoms with van der Waals surface area (Å²) in [5, 5.41) is 6.29. The van der Waals surface area contributed by atoms with Gasteiger partial charge in [0.05, 0.1) is 0 Å². The van der Waals surface area contributed by atoms with Crippen LogP contribution in [0.2, 0.25) is 0 Å². The molecule has 0 radical (unpaired) electrons. The lowest BCUT2D eigenvalue weighted by atomic mass is 9.99. The summed E-state index contributed by atoms with van der Waals surface area (Å²) in [6.45, 7) is 3.11. The highest BCUT2D eigenvalue weighted by Crippen LogP contribution is 2.28. The van der Waals surface area contributed by atoms with E-state index in [0.717, 1.165) is 25.1 Å². The van der Waals surface area contributed by atoms with Crippen molar-refractivity contribution in [1.29, 1.82) is 0 Å². The Labute approximate surface area is 143 Å². The molecule has 3 aromatic rings. The third kappa shape index (κ3) is 3.02. The molecule has 0 unspecified atom stereocenters. The Balaban J connectivity index is 1.44. The highest BCUT2D eigenvalue weighted by molar-refractivity contribution is 5.86. The van der Waals surface area contributed by atoms with Crippen LogP contribution in [0.1, 0.15) is 30.5 Å². The molecule has 0 fully saturated rings. The van der Waals surface area contributed by atoms with Crippen LogP contribution in [0.3, 0.4) is 0 Å². The predicted octanol–water partition coefficient (Wildman–Crippen LogP) is 4.88. The Morgan fingerprint density at radius 2 is 1.79 bits per heavy atom. The summed E-state index contributed by atoms with van der Waals surface area (Å²) in [6.07, 6.45) is 2.43. The summed E-state index contributed by atoms with van der Waals surface area (Å²) in [7, 11) is 0. The van der Waals surface area contributed by atoms with Gasteiger partial charge in [0, 0.05) is 12.6 Å². The van der Waals surface area contributed by atoms with E-state index in [0.29, 0.717) is 6.04 Å². The zero-order chi connectivity index (χ0) is 16.4. The number of hydrogen-bond acceptors (Lipinski definition) is 2. The smallest absolute Gasteiger partial charge is 0.122 e. The van der Waals surface area contributed by atoms with Crippen LogP contribution < -0.4 is 10.1 Å². The summed E-state index contributed by atoms with van der Waals surface area (Å²) in [6, 6.07) is 23.8. The van der Waals surface area contributed by atoms with Gasteiger partial charge >= 0.3 is 0 Å². The lowest BCUT2D eigenvalue weighted by Gasteiger charge is -2.27. The Morgan fingerprint density at radius 3 is 2.75 bits per heavy atom. The molecule has 0 saturated heterocycles. The van der Waals surface area contributed by atoms with Gasteiger partial charge in [-0.25, -0.2) is 0 Å². The SMILES string of the molecule is C[C@@H](NC[C@H]1CCc2ccccc2O1)c1cccc2ccccc12. The maximum absolute atomic E-state index is 6.14. The number of rotatable bonds is 4. The Kier molecular flexibility index (Phi) is 4.22. The zero-order valence-electron chi connectivity index (χ0n) is 14.0. The molecule has 1 N–H and O–H groups in total. The highest BCUT2D eigenvalue weighted by Gasteiger charge is 2.20.